The highest BCUT2D eigenvalue weighted by molar-refractivity contribution is 6.29. The van der Waals surface area contributed by atoms with E-state index in [0.717, 1.165) is 32.1 Å². The molecule has 3 N–H and O–H groups in total. The largest absolute Gasteiger partial charge is 0.419 e. The van der Waals surface area contributed by atoms with Crippen molar-refractivity contribution in [3.05, 3.63) is 35.2 Å². The second-order valence-electron chi connectivity index (χ2n) is 6.37. The first-order valence-corrected chi connectivity index (χ1v) is 8.85. The first kappa shape index (κ1) is 18.0. The van der Waals surface area contributed by atoms with Crippen molar-refractivity contribution in [1.82, 2.24) is 25.3 Å². The Morgan fingerprint density at radius 3 is 2.81 bits per heavy atom. The Morgan fingerprint density at radius 1 is 1.22 bits per heavy atom. The lowest BCUT2D eigenvalue weighted by Crippen LogP contribution is -2.38. The number of fused-ring (bicyclic) bond motifs is 1. The first-order chi connectivity index (χ1) is 12.9. The predicted molar refractivity (Wildman–Crippen MR) is 96.6 cm³/mol. The molecule has 3 aromatic rings. The summed E-state index contributed by atoms with van der Waals surface area (Å²) >= 11 is 5.86. The molecule has 0 amide bonds. The minimum atomic E-state index is -4.58. The topological polar surface area (TPSA) is 78.5 Å². The third kappa shape index (κ3) is 3.70. The van der Waals surface area contributed by atoms with E-state index in [1.807, 2.05) is 0 Å². The van der Waals surface area contributed by atoms with Gasteiger partial charge in [0, 0.05) is 35.9 Å². The number of alkyl halides is 3. The van der Waals surface area contributed by atoms with Crippen molar-refractivity contribution in [3.8, 4) is 11.3 Å². The van der Waals surface area contributed by atoms with Crippen molar-refractivity contribution in [1.29, 1.82) is 0 Å². The molecular formula is C17H16ClF3N6. The van der Waals surface area contributed by atoms with Gasteiger partial charge in [0.1, 0.15) is 16.4 Å². The molecule has 1 saturated heterocycles. The summed E-state index contributed by atoms with van der Waals surface area (Å²) in [7, 11) is 0. The highest BCUT2D eigenvalue weighted by Crippen LogP contribution is 2.38. The number of nitrogens with zero attached hydrogens (tertiary/aromatic N) is 3. The standard InChI is InChI=1S/C17H16ClF3N6/c18-13-4-3-10-11(7-23-15(10)26-13)14-12(17(19,20)21)8-24-16(27-14)25-9-2-1-5-22-6-9/h3-4,7-9,22H,1-2,5-6H2,(H,23,26)(H,24,25,27). The average Bonchev–Trinajstić information content (AvgIpc) is 3.04. The van der Waals surface area contributed by atoms with Gasteiger partial charge < -0.3 is 15.6 Å². The molecule has 0 radical (unpaired) electrons. The molecule has 1 fully saturated rings. The Kier molecular flexibility index (Phi) is 4.65. The minimum absolute atomic E-state index is 0.0757. The van der Waals surface area contributed by atoms with Crippen LogP contribution in [0, 0.1) is 0 Å². The van der Waals surface area contributed by atoms with Crippen LogP contribution >= 0.6 is 11.6 Å². The van der Waals surface area contributed by atoms with E-state index >= 15 is 0 Å². The van der Waals surface area contributed by atoms with Gasteiger partial charge >= 0.3 is 6.18 Å². The van der Waals surface area contributed by atoms with E-state index in [2.05, 4.69) is 30.6 Å². The van der Waals surface area contributed by atoms with Gasteiger partial charge in [-0.2, -0.15) is 13.2 Å². The number of piperidine rings is 1. The Balaban J connectivity index is 1.79. The number of pyridine rings is 1. The Labute approximate surface area is 157 Å². The summed E-state index contributed by atoms with van der Waals surface area (Å²) in [5, 5.41) is 7.12. The normalized spacial score (nSPS) is 18.0. The Morgan fingerprint density at radius 2 is 2.07 bits per heavy atom. The van der Waals surface area contributed by atoms with Crippen LogP contribution in [0.15, 0.2) is 24.5 Å². The SMILES string of the molecule is FC(F)(F)c1cnc(NC2CCCNC2)nc1-c1c[nH]c2nc(Cl)ccc12. The molecule has 10 heteroatoms. The Hall–Kier alpha value is -2.39. The van der Waals surface area contributed by atoms with Gasteiger partial charge in [0.05, 0.1) is 5.69 Å². The maximum atomic E-state index is 13.5. The van der Waals surface area contributed by atoms with E-state index < -0.39 is 11.7 Å². The molecule has 1 atom stereocenters. The summed E-state index contributed by atoms with van der Waals surface area (Å²) in [6.07, 6.45) is -0.410. The maximum absolute atomic E-state index is 13.5. The van der Waals surface area contributed by atoms with E-state index in [-0.39, 0.29) is 22.8 Å². The number of hydrogen-bond acceptors (Lipinski definition) is 5. The second kappa shape index (κ2) is 6.97. The zero-order valence-electron chi connectivity index (χ0n) is 14.1. The van der Waals surface area contributed by atoms with Crippen LogP contribution in [-0.2, 0) is 6.18 Å². The fraction of sp³-hybridized carbons (Fsp3) is 0.353. The van der Waals surface area contributed by atoms with Crippen molar-refractivity contribution in [2.75, 3.05) is 18.4 Å². The zero-order chi connectivity index (χ0) is 19.0. The van der Waals surface area contributed by atoms with Crippen LogP contribution in [0.2, 0.25) is 5.15 Å². The molecule has 0 bridgehead atoms. The van der Waals surface area contributed by atoms with E-state index in [1.165, 1.54) is 12.3 Å². The number of rotatable bonds is 3. The molecule has 4 heterocycles. The molecule has 3 aromatic heterocycles. The number of aromatic amines is 1. The monoisotopic (exact) mass is 396 g/mol. The molecule has 142 valence electrons. The number of nitrogens with one attached hydrogen (secondary N) is 3. The van der Waals surface area contributed by atoms with Crippen LogP contribution < -0.4 is 10.6 Å². The summed E-state index contributed by atoms with van der Waals surface area (Å²) in [5.41, 5.74) is -0.395. The molecule has 27 heavy (non-hydrogen) atoms. The van der Waals surface area contributed by atoms with Gasteiger partial charge in [-0.15, -0.1) is 0 Å². The van der Waals surface area contributed by atoms with Gasteiger partial charge in [0.15, 0.2) is 0 Å². The van der Waals surface area contributed by atoms with E-state index in [1.54, 1.807) is 6.07 Å². The zero-order valence-corrected chi connectivity index (χ0v) is 14.8. The summed E-state index contributed by atoms with van der Waals surface area (Å²) in [4.78, 5) is 15.0. The van der Waals surface area contributed by atoms with Crippen molar-refractivity contribution < 1.29 is 13.2 Å². The van der Waals surface area contributed by atoms with Crippen molar-refractivity contribution in [2.45, 2.75) is 25.1 Å². The molecular weight excluding hydrogens is 381 g/mol. The quantitative estimate of drug-likeness (QED) is 0.586. The van der Waals surface area contributed by atoms with Gasteiger partial charge in [0.25, 0.3) is 0 Å². The fourth-order valence-corrected chi connectivity index (χ4v) is 3.35. The smallest absolute Gasteiger partial charge is 0.350 e. The summed E-state index contributed by atoms with van der Waals surface area (Å²) in [6, 6.07) is 3.23. The first-order valence-electron chi connectivity index (χ1n) is 8.47. The minimum Gasteiger partial charge on any atom is -0.350 e. The summed E-state index contributed by atoms with van der Waals surface area (Å²) in [6.45, 7) is 1.65. The van der Waals surface area contributed by atoms with Crippen LogP contribution in [0.1, 0.15) is 18.4 Å². The molecule has 1 aliphatic heterocycles. The van der Waals surface area contributed by atoms with Crippen molar-refractivity contribution in [2.24, 2.45) is 0 Å². The molecule has 0 aromatic carbocycles. The van der Waals surface area contributed by atoms with Crippen LogP contribution in [0.4, 0.5) is 19.1 Å². The van der Waals surface area contributed by atoms with Gasteiger partial charge in [0.2, 0.25) is 5.95 Å². The second-order valence-corrected chi connectivity index (χ2v) is 6.76. The van der Waals surface area contributed by atoms with Gasteiger partial charge in [-0.3, -0.25) is 0 Å². The number of aromatic nitrogens is 4. The summed E-state index contributed by atoms with van der Waals surface area (Å²) in [5.74, 6) is 0.169. The van der Waals surface area contributed by atoms with E-state index in [0.29, 0.717) is 16.6 Å². The number of hydrogen-bond donors (Lipinski definition) is 3. The molecule has 4 rings (SSSR count). The molecule has 6 nitrogen and oxygen atoms in total. The highest BCUT2D eigenvalue weighted by Gasteiger charge is 2.36. The third-order valence-electron chi connectivity index (χ3n) is 4.48. The van der Waals surface area contributed by atoms with Crippen LogP contribution in [0.5, 0.6) is 0 Å². The molecule has 0 aliphatic carbocycles. The predicted octanol–water partition coefficient (Wildman–Crippen LogP) is 3.86. The molecule has 1 unspecified atom stereocenters. The van der Waals surface area contributed by atoms with Crippen LogP contribution in [0.25, 0.3) is 22.3 Å². The number of H-pyrrole nitrogens is 1. The van der Waals surface area contributed by atoms with Gasteiger partial charge in [-0.05, 0) is 31.5 Å². The van der Waals surface area contributed by atoms with Gasteiger partial charge in [-0.25, -0.2) is 15.0 Å². The lowest BCUT2D eigenvalue weighted by Gasteiger charge is -2.24. The molecule has 0 spiro atoms. The van der Waals surface area contributed by atoms with Crippen LogP contribution in [-0.4, -0.2) is 39.1 Å². The number of halogens is 4. The maximum Gasteiger partial charge on any atom is 0.419 e. The lowest BCUT2D eigenvalue weighted by molar-refractivity contribution is -0.137. The lowest BCUT2D eigenvalue weighted by atomic mass is 10.1. The van der Waals surface area contributed by atoms with Crippen molar-refractivity contribution >= 4 is 28.6 Å². The van der Waals surface area contributed by atoms with Gasteiger partial charge in [-0.1, -0.05) is 11.6 Å². The van der Waals surface area contributed by atoms with E-state index in [4.69, 9.17) is 11.6 Å². The fourth-order valence-electron chi connectivity index (χ4n) is 3.20. The third-order valence-corrected chi connectivity index (χ3v) is 4.69. The average molecular weight is 397 g/mol. The summed E-state index contributed by atoms with van der Waals surface area (Å²) < 4.78 is 40.6. The number of anilines is 1. The Bertz CT molecular complexity index is 965. The van der Waals surface area contributed by atoms with Crippen molar-refractivity contribution in [3.63, 3.8) is 0 Å². The highest BCUT2D eigenvalue weighted by atomic mass is 35.5. The molecule has 1 aliphatic rings. The van der Waals surface area contributed by atoms with Crippen LogP contribution in [0.3, 0.4) is 0 Å². The molecule has 0 saturated carbocycles. The van der Waals surface area contributed by atoms with E-state index in [9.17, 15) is 13.2 Å².